The molecular formula is C11H18N2OS. The van der Waals surface area contributed by atoms with Gasteiger partial charge in [0.25, 0.3) is 0 Å². The summed E-state index contributed by atoms with van der Waals surface area (Å²) in [7, 11) is 0. The number of hydrogen-bond acceptors (Lipinski definition) is 3. The first-order valence-corrected chi connectivity index (χ1v) is 6.25. The number of carbonyl (C=O) groups is 1. The maximum Gasteiger partial charge on any atom is 0.220 e. The average molecular weight is 226 g/mol. The zero-order valence-electron chi connectivity index (χ0n) is 8.87. The molecular weight excluding hydrogens is 208 g/mol. The number of amides is 1. The van der Waals surface area contributed by atoms with Crippen LogP contribution in [0.25, 0.3) is 0 Å². The lowest BCUT2D eigenvalue weighted by molar-refractivity contribution is -0.121. The topological polar surface area (TPSA) is 55.1 Å². The summed E-state index contributed by atoms with van der Waals surface area (Å²) in [5, 5.41) is 6.97. The van der Waals surface area contributed by atoms with Crippen molar-refractivity contribution in [3.8, 4) is 0 Å². The molecule has 0 saturated carbocycles. The molecule has 0 radical (unpaired) electrons. The first kappa shape index (κ1) is 12.2. The van der Waals surface area contributed by atoms with Crippen LogP contribution in [0.3, 0.4) is 0 Å². The zero-order chi connectivity index (χ0) is 10.9. The molecule has 0 saturated heterocycles. The lowest BCUT2D eigenvalue weighted by atomic mass is 10.2. The predicted octanol–water partition coefficient (Wildman–Crippen LogP) is 1.88. The van der Waals surface area contributed by atoms with Crippen molar-refractivity contribution in [3.05, 3.63) is 22.4 Å². The molecule has 3 N–H and O–H groups in total. The molecule has 3 nitrogen and oxygen atoms in total. The first-order chi connectivity index (χ1) is 7.33. The number of nitrogens with one attached hydrogen (secondary N) is 1. The van der Waals surface area contributed by atoms with Crippen LogP contribution in [0.5, 0.6) is 0 Å². The van der Waals surface area contributed by atoms with Crippen LogP contribution in [0.4, 0.5) is 0 Å². The van der Waals surface area contributed by atoms with Crippen molar-refractivity contribution in [2.75, 3.05) is 6.54 Å². The van der Waals surface area contributed by atoms with Gasteiger partial charge in [0.15, 0.2) is 0 Å². The molecule has 1 rings (SSSR count). The van der Waals surface area contributed by atoms with E-state index in [0.717, 1.165) is 25.8 Å². The number of hydrogen-bond donors (Lipinski definition) is 2. The normalized spacial score (nSPS) is 10.2. The fourth-order valence-electron chi connectivity index (χ4n) is 1.29. The van der Waals surface area contributed by atoms with E-state index in [1.165, 1.54) is 5.56 Å². The molecule has 0 aliphatic heterocycles. The molecule has 0 atom stereocenters. The van der Waals surface area contributed by atoms with Crippen molar-refractivity contribution in [1.29, 1.82) is 0 Å². The summed E-state index contributed by atoms with van der Waals surface area (Å²) >= 11 is 1.65. The van der Waals surface area contributed by atoms with E-state index in [1.54, 1.807) is 11.3 Å². The van der Waals surface area contributed by atoms with Crippen LogP contribution in [0.15, 0.2) is 16.8 Å². The second-order valence-corrected chi connectivity index (χ2v) is 4.29. The van der Waals surface area contributed by atoms with Gasteiger partial charge in [-0.25, -0.2) is 0 Å². The summed E-state index contributed by atoms with van der Waals surface area (Å²) in [5.74, 6) is 0.137. The highest BCUT2D eigenvalue weighted by atomic mass is 32.1. The minimum Gasteiger partial charge on any atom is -0.352 e. The second kappa shape index (κ2) is 7.43. The van der Waals surface area contributed by atoms with Gasteiger partial charge < -0.3 is 11.1 Å². The summed E-state index contributed by atoms with van der Waals surface area (Å²) in [6, 6.07) is 2.03. The molecule has 0 fully saturated rings. The Labute approximate surface area is 94.7 Å². The second-order valence-electron chi connectivity index (χ2n) is 3.51. The Morgan fingerprint density at radius 1 is 1.40 bits per heavy atom. The number of carbonyl (C=O) groups excluding carboxylic acids is 1. The van der Waals surface area contributed by atoms with Gasteiger partial charge in [0.05, 0.1) is 0 Å². The summed E-state index contributed by atoms with van der Waals surface area (Å²) in [4.78, 5) is 11.4. The quantitative estimate of drug-likeness (QED) is 0.697. The van der Waals surface area contributed by atoms with Crippen molar-refractivity contribution in [1.82, 2.24) is 5.32 Å². The van der Waals surface area contributed by atoms with Gasteiger partial charge in [-0.15, -0.1) is 0 Å². The molecule has 84 valence electrons. The minimum atomic E-state index is 0.137. The van der Waals surface area contributed by atoms with E-state index in [0.29, 0.717) is 13.0 Å². The fraction of sp³-hybridized carbons (Fsp3) is 0.545. The van der Waals surface area contributed by atoms with E-state index in [2.05, 4.69) is 10.7 Å². The third-order valence-electron chi connectivity index (χ3n) is 2.18. The van der Waals surface area contributed by atoms with E-state index in [4.69, 9.17) is 5.73 Å². The standard InChI is InChI=1S/C11H18N2OS/c12-6-3-1-2-4-11(14)13-8-10-5-7-15-9-10/h5,7,9H,1-4,6,8,12H2,(H,13,14). The Balaban J connectivity index is 2.04. The van der Waals surface area contributed by atoms with Crippen LogP contribution in [0.2, 0.25) is 0 Å². The first-order valence-electron chi connectivity index (χ1n) is 5.31. The van der Waals surface area contributed by atoms with E-state index in [9.17, 15) is 4.79 Å². The van der Waals surface area contributed by atoms with Crippen LogP contribution < -0.4 is 11.1 Å². The van der Waals surface area contributed by atoms with Gasteiger partial charge in [-0.05, 0) is 41.8 Å². The Morgan fingerprint density at radius 3 is 2.93 bits per heavy atom. The maximum absolute atomic E-state index is 11.4. The number of rotatable bonds is 7. The number of unbranched alkanes of at least 4 members (excludes halogenated alkanes) is 2. The van der Waals surface area contributed by atoms with Gasteiger partial charge >= 0.3 is 0 Å². The minimum absolute atomic E-state index is 0.137. The van der Waals surface area contributed by atoms with Gasteiger partial charge in [-0.2, -0.15) is 11.3 Å². The molecule has 0 unspecified atom stereocenters. The van der Waals surface area contributed by atoms with Gasteiger partial charge in [0.2, 0.25) is 5.91 Å². The van der Waals surface area contributed by atoms with Crippen molar-refractivity contribution in [2.45, 2.75) is 32.2 Å². The van der Waals surface area contributed by atoms with Crippen molar-refractivity contribution in [3.63, 3.8) is 0 Å². The lowest BCUT2D eigenvalue weighted by Crippen LogP contribution is -2.22. The Morgan fingerprint density at radius 2 is 2.27 bits per heavy atom. The molecule has 1 amide bonds. The summed E-state index contributed by atoms with van der Waals surface area (Å²) < 4.78 is 0. The molecule has 0 spiro atoms. The Hall–Kier alpha value is -0.870. The van der Waals surface area contributed by atoms with Gasteiger partial charge in [-0.1, -0.05) is 6.42 Å². The lowest BCUT2D eigenvalue weighted by Gasteiger charge is -2.03. The highest BCUT2D eigenvalue weighted by Gasteiger charge is 2.00. The third kappa shape index (κ3) is 5.54. The van der Waals surface area contributed by atoms with E-state index in [-0.39, 0.29) is 5.91 Å². The highest BCUT2D eigenvalue weighted by molar-refractivity contribution is 7.07. The average Bonchev–Trinajstić information content (AvgIpc) is 2.74. The van der Waals surface area contributed by atoms with Crippen molar-refractivity contribution >= 4 is 17.2 Å². The van der Waals surface area contributed by atoms with E-state index < -0.39 is 0 Å². The predicted molar refractivity (Wildman–Crippen MR) is 63.7 cm³/mol. The molecule has 4 heteroatoms. The van der Waals surface area contributed by atoms with E-state index >= 15 is 0 Å². The van der Waals surface area contributed by atoms with Gasteiger partial charge in [0, 0.05) is 13.0 Å². The highest BCUT2D eigenvalue weighted by Crippen LogP contribution is 2.05. The Kier molecular flexibility index (Phi) is 6.04. The van der Waals surface area contributed by atoms with Crippen molar-refractivity contribution < 1.29 is 4.79 Å². The summed E-state index contributed by atoms with van der Waals surface area (Å²) in [6.45, 7) is 1.37. The monoisotopic (exact) mass is 226 g/mol. The maximum atomic E-state index is 11.4. The van der Waals surface area contributed by atoms with Crippen LogP contribution >= 0.6 is 11.3 Å². The molecule has 0 aromatic carbocycles. The molecule has 0 bridgehead atoms. The van der Waals surface area contributed by atoms with Gasteiger partial charge in [-0.3, -0.25) is 4.79 Å². The fourth-order valence-corrected chi connectivity index (χ4v) is 1.96. The van der Waals surface area contributed by atoms with Gasteiger partial charge in [0.1, 0.15) is 0 Å². The summed E-state index contributed by atoms with van der Waals surface area (Å²) in [5.41, 5.74) is 6.55. The molecule has 1 heterocycles. The van der Waals surface area contributed by atoms with E-state index in [1.807, 2.05) is 11.4 Å². The SMILES string of the molecule is NCCCCCC(=O)NCc1ccsc1. The van der Waals surface area contributed by atoms with Crippen molar-refractivity contribution in [2.24, 2.45) is 5.73 Å². The molecule has 1 aromatic rings. The largest absolute Gasteiger partial charge is 0.352 e. The molecule has 1 aromatic heterocycles. The zero-order valence-corrected chi connectivity index (χ0v) is 9.69. The number of nitrogens with two attached hydrogens (primary N) is 1. The molecule has 0 aliphatic rings. The van der Waals surface area contributed by atoms with Crippen LogP contribution in [0, 0.1) is 0 Å². The third-order valence-corrected chi connectivity index (χ3v) is 2.91. The Bertz CT molecular complexity index is 272. The van der Waals surface area contributed by atoms with Crippen LogP contribution in [-0.4, -0.2) is 12.5 Å². The van der Waals surface area contributed by atoms with Crippen LogP contribution in [-0.2, 0) is 11.3 Å². The van der Waals surface area contributed by atoms with Crippen LogP contribution in [0.1, 0.15) is 31.2 Å². The summed E-state index contributed by atoms with van der Waals surface area (Å²) in [6.07, 6.45) is 3.61. The molecule has 0 aliphatic carbocycles. The smallest absolute Gasteiger partial charge is 0.220 e. The number of thiophene rings is 1. The molecule has 15 heavy (non-hydrogen) atoms.